The number of rotatable bonds is 2. The second kappa shape index (κ2) is 6.11. The summed E-state index contributed by atoms with van der Waals surface area (Å²) in [5.74, 6) is -0.207. The number of pyridine rings is 1. The van der Waals surface area contributed by atoms with Crippen molar-refractivity contribution in [2.24, 2.45) is 0 Å². The van der Waals surface area contributed by atoms with Crippen molar-refractivity contribution in [2.45, 2.75) is 0 Å². The highest BCUT2D eigenvalue weighted by Crippen LogP contribution is 2.31. The second-order valence-electron chi connectivity index (χ2n) is 5.53. The minimum Gasteiger partial charge on any atom is -0.368 e. The first kappa shape index (κ1) is 15.5. The Morgan fingerprint density at radius 2 is 1.60 bits per heavy atom. The van der Waals surface area contributed by atoms with E-state index >= 15 is 0 Å². The van der Waals surface area contributed by atoms with Crippen molar-refractivity contribution < 1.29 is 4.39 Å². The van der Waals surface area contributed by atoms with Gasteiger partial charge in [-0.05, 0) is 30.3 Å². The summed E-state index contributed by atoms with van der Waals surface area (Å²) in [6.07, 6.45) is 0. The molecule has 2 aromatic carbocycles. The minimum atomic E-state index is -0.338. The predicted octanol–water partition coefficient (Wildman–Crippen LogP) is 4.73. The topological polar surface area (TPSA) is 64.7 Å². The lowest BCUT2D eigenvalue weighted by molar-refractivity contribution is 0.629. The Kier molecular flexibility index (Phi) is 3.78. The van der Waals surface area contributed by atoms with Gasteiger partial charge in [0, 0.05) is 16.5 Å². The molecule has 4 rings (SSSR count). The van der Waals surface area contributed by atoms with E-state index < -0.39 is 0 Å². The van der Waals surface area contributed by atoms with Gasteiger partial charge in [-0.25, -0.2) is 19.3 Å². The number of nitrogens with zero attached hydrogens (tertiary/aromatic N) is 3. The molecule has 0 aliphatic rings. The molecule has 0 aliphatic heterocycles. The third kappa shape index (κ3) is 3.02. The summed E-state index contributed by atoms with van der Waals surface area (Å²) in [6, 6.07) is 17.5. The van der Waals surface area contributed by atoms with E-state index in [-0.39, 0.29) is 16.9 Å². The third-order valence-corrected chi connectivity index (χ3v) is 4.11. The van der Waals surface area contributed by atoms with Gasteiger partial charge in [0.05, 0.1) is 16.9 Å². The fourth-order valence-corrected chi connectivity index (χ4v) is 2.91. The average Bonchev–Trinajstić information content (AvgIpc) is 2.62. The van der Waals surface area contributed by atoms with E-state index in [1.54, 1.807) is 18.2 Å². The first-order chi connectivity index (χ1) is 12.1. The van der Waals surface area contributed by atoms with Gasteiger partial charge in [-0.1, -0.05) is 41.9 Å². The van der Waals surface area contributed by atoms with Crippen LogP contribution >= 0.6 is 11.6 Å². The summed E-state index contributed by atoms with van der Waals surface area (Å²) >= 11 is 6.32. The van der Waals surface area contributed by atoms with Crippen molar-refractivity contribution in [1.82, 2.24) is 15.0 Å². The summed E-state index contributed by atoms with van der Waals surface area (Å²) in [5.41, 5.74) is 9.19. The van der Waals surface area contributed by atoms with Gasteiger partial charge in [0.15, 0.2) is 0 Å². The van der Waals surface area contributed by atoms with Crippen LogP contribution in [-0.4, -0.2) is 15.0 Å². The number of benzene rings is 2. The standard InChI is InChI=1S/C19H12ClFN4/c20-18-14(9-12-8-13(21)6-7-15(12)23-18)17-10-16(24-19(22)25-17)11-4-2-1-3-5-11/h1-10H,(H2,22,24,25). The van der Waals surface area contributed by atoms with Gasteiger partial charge >= 0.3 is 0 Å². The number of aromatic nitrogens is 3. The lowest BCUT2D eigenvalue weighted by atomic mass is 10.1. The molecule has 0 radical (unpaired) electrons. The van der Waals surface area contributed by atoms with Crippen molar-refractivity contribution in [3.05, 3.63) is 71.6 Å². The molecule has 2 heterocycles. The number of nitrogen functional groups attached to an aromatic ring is 1. The van der Waals surface area contributed by atoms with E-state index in [0.717, 1.165) is 5.56 Å². The van der Waals surface area contributed by atoms with Crippen molar-refractivity contribution in [2.75, 3.05) is 5.73 Å². The summed E-state index contributed by atoms with van der Waals surface area (Å²) in [4.78, 5) is 12.9. The largest absolute Gasteiger partial charge is 0.368 e. The van der Waals surface area contributed by atoms with Crippen LogP contribution in [0.1, 0.15) is 0 Å². The zero-order chi connectivity index (χ0) is 17.4. The molecule has 122 valence electrons. The normalized spacial score (nSPS) is 11.0. The van der Waals surface area contributed by atoms with Crippen molar-refractivity contribution in [3.8, 4) is 22.5 Å². The number of nitrogens with two attached hydrogens (primary N) is 1. The molecule has 0 saturated heterocycles. The van der Waals surface area contributed by atoms with Crippen LogP contribution in [0.25, 0.3) is 33.4 Å². The smallest absolute Gasteiger partial charge is 0.221 e. The van der Waals surface area contributed by atoms with Crippen molar-refractivity contribution in [1.29, 1.82) is 0 Å². The highest BCUT2D eigenvalue weighted by Gasteiger charge is 2.12. The molecule has 2 N–H and O–H groups in total. The van der Waals surface area contributed by atoms with Gasteiger partial charge in [0.25, 0.3) is 0 Å². The fraction of sp³-hybridized carbons (Fsp3) is 0. The predicted molar refractivity (Wildman–Crippen MR) is 97.6 cm³/mol. The summed E-state index contributed by atoms with van der Waals surface area (Å²) in [7, 11) is 0. The van der Waals surface area contributed by atoms with Crippen LogP contribution in [0.5, 0.6) is 0 Å². The van der Waals surface area contributed by atoms with Crippen LogP contribution in [0, 0.1) is 5.82 Å². The quantitative estimate of drug-likeness (QED) is 0.531. The molecule has 0 aliphatic carbocycles. The molecule has 0 bridgehead atoms. The van der Waals surface area contributed by atoms with Crippen LogP contribution in [0.3, 0.4) is 0 Å². The Morgan fingerprint density at radius 1 is 0.840 bits per heavy atom. The molecule has 0 spiro atoms. The van der Waals surface area contributed by atoms with E-state index in [2.05, 4.69) is 15.0 Å². The SMILES string of the molecule is Nc1nc(-c2ccccc2)cc(-c2cc3cc(F)ccc3nc2Cl)n1. The van der Waals surface area contributed by atoms with Crippen LogP contribution in [0.4, 0.5) is 10.3 Å². The average molecular weight is 351 g/mol. The molecule has 0 unspecified atom stereocenters. The maximum atomic E-state index is 13.5. The Bertz CT molecular complexity index is 1080. The maximum absolute atomic E-state index is 13.5. The van der Waals surface area contributed by atoms with Crippen LogP contribution in [0.2, 0.25) is 5.15 Å². The zero-order valence-corrected chi connectivity index (χ0v) is 13.7. The highest BCUT2D eigenvalue weighted by molar-refractivity contribution is 6.32. The molecule has 0 saturated carbocycles. The third-order valence-electron chi connectivity index (χ3n) is 3.82. The van der Waals surface area contributed by atoms with Gasteiger partial charge in [-0.2, -0.15) is 0 Å². The van der Waals surface area contributed by atoms with E-state index in [0.29, 0.717) is 27.9 Å². The van der Waals surface area contributed by atoms with Gasteiger partial charge in [0.2, 0.25) is 5.95 Å². The Balaban J connectivity index is 1.91. The molecule has 0 amide bonds. The number of anilines is 1. The van der Waals surface area contributed by atoms with Crippen molar-refractivity contribution >= 4 is 28.5 Å². The molecule has 4 aromatic rings. The van der Waals surface area contributed by atoms with Crippen LogP contribution in [0.15, 0.2) is 60.7 Å². The van der Waals surface area contributed by atoms with Crippen LogP contribution < -0.4 is 5.73 Å². The summed E-state index contributed by atoms with van der Waals surface area (Å²) in [6.45, 7) is 0. The fourth-order valence-electron chi connectivity index (χ4n) is 2.66. The van der Waals surface area contributed by atoms with Gasteiger partial charge in [-0.3, -0.25) is 0 Å². The number of halogens is 2. The van der Waals surface area contributed by atoms with Gasteiger partial charge < -0.3 is 5.73 Å². The lowest BCUT2D eigenvalue weighted by Gasteiger charge is -2.09. The second-order valence-corrected chi connectivity index (χ2v) is 5.88. The molecule has 0 atom stereocenters. The van der Waals surface area contributed by atoms with E-state index in [1.807, 2.05) is 30.3 Å². The number of fused-ring (bicyclic) bond motifs is 1. The molecule has 6 heteroatoms. The first-order valence-corrected chi connectivity index (χ1v) is 7.94. The maximum Gasteiger partial charge on any atom is 0.221 e. The summed E-state index contributed by atoms with van der Waals surface area (Å²) in [5, 5.41) is 0.911. The Hall–Kier alpha value is -3.05. The first-order valence-electron chi connectivity index (χ1n) is 7.56. The lowest BCUT2D eigenvalue weighted by Crippen LogP contribution is -1.99. The molecular formula is C19H12ClFN4. The molecule has 2 aromatic heterocycles. The Morgan fingerprint density at radius 3 is 2.40 bits per heavy atom. The van der Waals surface area contributed by atoms with Crippen molar-refractivity contribution in [3.63, 3.8) is 0 Å². The van der Waals surface area contributed by atoms with Gasteiger partial charge in [0.1, 0.15) is 11.0 Å². The van der Waals surface area contributed by atoms with Gasteiger partial charge in [-0.15, -0.1) is 0 Å². The summed E-state index contributed by atoms with van der Waals surface area (Å²) < 4.78 is 13.5. The molecular weight excluding hydrogens is 339 g/mol. The zero-order valence-electron chi connectivity index (χ0n) is 12.9. The number of hydrogen-bond donors (Lipinski definition) is 1. The highest BCUT2D eigenvalue weighted by atomic mass is 35.5. The molecule has 25 heavy (non-hydrogen) atoms. The number of hydrogen-bond acceptors (Lipinski definition) is 4. The Labute approximate surface area is 148 Å². The molecule has 0 fully saturated rings. The minimum absolute atomic E-state index is 0.131. The van der Waals surface area contributed by atoms with E-state index in [1.165, 1.54) is 12.1 Å². The molecule has 4 nitrogen and oxygen atoms in total. The van der Waals surface area contributed by atoms with Crippen LogP contribution in [-0.2, 0) is 0 Å². The monoisotopic (exact) mass is 350 g/mol. The van der Waals surface area contributed by atoms with E-state index in [4.69, 9.17) is 17.3 Å². The van der Waals surface area contributed by atoms with E-state index in [9.17, 15) is 4.39 Å².